The van der Waals surface area contributed by atoms with E-state index in [0.717, 1.165) is 11.3 Å². The summed E-state index contributed by atoms with van der Waals surface area (Å²) in [5.74, 6) is -1.14. The first kappa shape index (κ1) is 28.3. The van der Waals surface area contributed by atoms with Crippen LogP contribution < -0.4 is 5.32 Å². The van der Waals surface area contributed by atoms with Gasteiger partial charge in [0.2, 0.25) is 5.91 Å². The van der Waals surface area contributed by atoms with Crippen LogP contribution in [-0.4, -0.2) is 92.7 Å². The monoisotopic (exact) mass is 556 g/mol. The van der Waals surface area contributed by atoms with Crippen LogP contribution in [0.25, 0.3) is 0 Å². The molecule has 1 aliphatic heterocycles. The van der Waals surface area contributed by atoms with Gasteiger partial charge in [-0.15, -0.1) is 22.7 Å². The van der Waals surface area contributed by atoms with Gasteiger partial charge in [0.05, 0.1) is 23.6 Å². The minimum atomic E-state index is -3.52. The zero-order valence-corrected chi connectivity index (χ0v) is 23.4. The molecule has 1 aliphatic rings. The normalized spacial score (nSPS) is 15.0. The highest BCUT2D eigenvalue weighted by Gasteiger charge is 2.31. The molecule has 13 heteroatoms. The molecule has 0 aromatic carbocycles. The van der Waals surface area contributed by atoms with E-state index in [1.165, 1.54) is 15.6 Å². The van der Waals surface area contributed by atoms with Crippen molar-refractivity contribution in [2.45, 2.75) is 31.9 Å². The van der Waals surface area contributed by atoms with E-state index in [2.05, 4.69) is 5.32 Å². The molecule has 1 saturated heterocycles. The summed E-state index contributed by atoms with van der Waals surface area (Å²) in [5, 5.41) is 4.80. The zero-order chi connectivity index (χ0) is 26.5. The molecule has 1 fully saturated rings. The third-order valence-corrected chi connectivity index (χ3v) is 10.4. The number of amides is 2. The summed E-state index contributed by atoms with van der Waals surface area (Å²) in [6, 6.07) is 3.29. The Balaban J connectivity index is 1.70. The quantitative estimate of drug-likeness (QED) is 0.447. The maximum atomic E-state index is 13.0. The Morgan fingerprint density at radius 2 is 1.78 bits per heavy atom. The van der Waals surface area contributed by atoms with Gasteiger partial charge in [-0.2, -0.15) is 4.31 Å². The van der Waals surface area contributed by atoms with Crippen molar-refractivity contribution in [1.82, 2.24) is 14.1 Å². The van der Waals surface area contributed by atoms with E-state index in [1.54, 1.807) is 36.3 Å². The summed E-state index contributed by atoms with van der Waals surface area (Å²) >= 11 is 2.25. The third kappa shape index (κ3) is 6.14. The van der Waals surface area contributed by atoms with E-state index in [9.17, 15) is 22.8 Å². The van der Waals surface area contributed by atoms with E-state index in [-0.39, 0.29) is 48.6 Å². The summed E-state index contributed by atoms with van der Waals surface area (Å²) < 4.78 is 32.4. The summed E-state index contributed by atoms with van der Waals surface area (Å²) in [5.41, 5.74) is 0.676. The lowest BCUT2D eigenvalue weighted by Gasteiger charge is -2.33. The van der Waals surface area contributed by atoms with Crippen molar-refractivity contribution in [3.63, 3.8) is 0 Å². The molecule has 0 radical (unpaired) electrons. The van der Waals surface area contributed by atoms with Gasteiger partial charge in [-0.3, -0.25) is 14.5 Å². The first-order valence-electron chi connectivity index (χ1n) is 11.8. The van der Waals surface area contributed by atoms with Crippen molar-refractivity contribution >= 4 is 55.5 Å². The molecule has 0 spiro atoms. The smallest absolute Gasteiger partial charge is 0.341 e. The van der Waals surface area contributed by atoms with E-state index in [0.29, 0.717) is 40.8 Å². The van der Waals surface area contributed by atoms with Crippen LogP contribution in [-0.2, 0) is 19.6 Å². The predicted molar refractivity (Wildman–Crippen MR) is 140 cm³/mol. The van der Waals surface area contributed by atoms with E-state index >= 15 is 0 Å². The largest absolute Gasteiger partial charge is 0.462 e. The fourth-order valence-electron chi connectivity index (χ4n) is 3.94. The molecule has 0 atom stereocenters. The SMILES string of the molecule is CCOC(=O)c1c(NC(=O)CN2CCN(S(=O)(=O)c3cccs3)CC2)sc(C(=O)N(CC)CC)c1C. The second-order valence-electron chi connectivity index (χ2n) is 8.12. The Hall–Kier alpha value is -2.32. The number of carbonyl (C=O) groups is 3. The number of thiophene rings is 2. The van der Waals surface area contributed by atoms with E-state index in [1.807, 2.05) is 18.7 Å². The van der Waals surface area contributed by atoms with Crippen molar-refractivity contribution in [2.24, 2.45) is 0 Å². The second-order valence-corrected chi connectivity index (χ2v) is 12.3. The number of hydrogen-bond acceptors (Lipinski definition) is 9. The molecule has 1 N–H and O–H groups in total. The minimum Gasteiger partial charge on any atom is -0.462 e. The molecule has 0 bridgehead atoms. The van der Waals surface area contributed by atoms with Gasteiger partial charge in [0.1, 0.15) is 9.21 Å². The Morgan fingerprint density at radius 1 is 1.11 bits per heavy atom. The van der Waals surface area contributed by atoms with Crippen molar-refractivity contribution in [2.75, 3.05) is 57.7 Å². The molecular weight excluding hydrogens is 524 g/mol. The Bertz CT molecular complexity index is 1180. The lowest BCUT2D eigenvalue weighted by molar-refractivity contribution is -0.117. The summed E-state index contributed by atoms with van der Waals surface area (Å²) in [6.45, 7) is 9.75. The molecule has 198 valence electrons. The van der Waals surface area contributed by atoms with Gasteiger partial charge in [0.25, 0.3) is 15.9 Å². The maximum absolute atomic E-state index is 13.0. The van der Waals surface area contributed by atoms with E-state index in [4.69, 9.17) is 4.74 Å². The molecule has 3 rings (SSSR count). The Kier molecular flexibility index (Phi) is 9.64. The zero-order valence-electron chi connectivity index (χ0n) is 20.9. The highest BCUT2D eigenvalue weighted by molar-refractivity contribution is 7.91. The highest BCUT2D eigenvalue weighted by Crippen LogP contribution is 2.34. The Morgan fingerprint density at radius 3 is 2.33 bits per heavy atom. The fourth-order valence-corrected chi connectivity index (χ4v) is 7.69. The highest BCUT2D eigenvalue weighted by atomic mass is 32.2. The van der Waals surface area contributed by atoms with Crippen LogP contribution in [0.2, 0.25) is 0 Å². The molecule has 36 heavy (non-hydrogen) atoms. The van der Waals surface area contributed by atoms with Crippen LogP contribution in [0.15, 0.2) is 21.7 Å². The van der Waals surface area contributed by atoms with Crippen molar-refractivity contribution in [3.8, 4) is 0 Å². The standard InChI is InChI=1S/C23H32N4O6S3/c1-5-26(6-2)22(29)20-16(4)19(23(30)33-7-3)21(35-20)24-17(28)15-25-10-12-27(13-11-25)36(31,32)18-9-8-14-34-18/h8-9,14H,5-7,10-13,15H2,1-4H3,(H,24,28). The number of carbonyl (C=O) groups excluding carboxylic acids is 3. The third-order valence-electron chi connectivity index (χ3n) is 5.91. The average Bonchev–Trinajstić information content (AvgIpc) is 3.49. The van der Waals surface area contributed by atoms with Crippen molar-refractivity contribution < 1.29 is 27.5 Å². The van der Waals surface area contributed by atoms with Crippen LogP contribution in [0.3, 0.4) is 0 Å². The number of esters is 1. The summed E-state index contributed by atoms with van der Waals surface area (Å²) in [6.07, 6.45) is 0. The number of nitrogens with one attached hydrogen (secondary N) is 1. The fraction of sp³-hybridized carbons (Fsp3) is 0.522. The van der Waals surface area contributed by atoms with Gasteiger partial charge in [-0.1, -0.05) is 6.07 Å². The van der Waals surface area contributed by atoms with Gasteiger partial charge < -0.3 is 15.0 Å². The summed E-state index contributed by atoms with van der Waals surface area (Å²) in [7, 11) is -3.52. The molecule has 2 aromatic rings. The molecule has 0 unspecified atom stereocenters. The topological polar surface area (TPSA) is 116 Å². The van der Waals surface area contributed by atoms with E-state index < -0.39 is 16.0 Å². The first-order valence-corrected chi connectivity index (χ1v) is 14.9. The molecule has 0 aliphatic carbocycles. The van der Waals surface area contributed by atoms with Gasteiger partial charge in [-0.05, 0) is 44.7 Å². The van der Waals surface area contributed by atoms with Crippen LogP contribution in [0, 0.1) is 6.92 Å². The number of piperazine rings is 1. The molecular formula is C23H32N4O6S3. The number of nitrogens with zero attached hydrogens (tertiary/aromatic N) is 3. The molecule has 3 heterocycles. The van der Waals surface area contributed by atoms with Gasteiger partial charge >= 0.3 is 5.97 Å². The maximum Gasteiger partial charge on any atom is 0.341 e. The lowest BCUT2D eigenvalue weighted by atomic mass is 10.1. The van der Waals surface area contributed by atoms with Crippen LogP contribution in [0.4, 0.5) is 5.00 Å². The van der Waals surface area contributed by atoms with Crippen LogP contribution in [0.5, 0.6) is 0 Å². The van der Waals surface area contributed by atoms with Crippen molar-refractivity contribution in [1.29, 1.82) is 0 Å². The first-order chi connectivity index (χ1) is 17.1. The number of ether oxygens (including phenoxy) is 1. The van der Waals surface area contributed by atoms with Crippen molar-refractivity contribution in [3.05, 3.63) is 33.5 Å². The van der Waals surface area contributed by atoms with Gasteiger partial charge in [0.15, 0.2) is 0 Å². The second kappa shape index (κ2) is 12.3. The molecule has 2 amide bonds. The van der Waals surface area contributed by atoms with Gasteiger partial charge in [-0.25, -0.2) is 13.2 Å². The van der Waals surface area contributed by atoms with Crippen LogP contribution >= 0.6 is 22.7 Å². The van der Waals surface area contributed by atoms with Crippen LogP contribution in [0.1, 0.15) is 46.4 Å². The van der Waals surface area contributed by atoms with Gasteiger partial charge in [0, 0.05) is 39.3 Å². The number of anilines is 1. The number of rotatable bonds is 10. The molecule has 0 saturated carbocycles. The number of sulfonamides is 1. The molecule has 10 nitrogen and oxygen atoms in total. The average molecular weight is 557 g/mol. The molecule has 2 aromatic heterocycles. The minimum absolute atomic E-state index is 0.0332. The predicted octanol–water partition coefficient (Wildman–Crippen LogP) is 2.72. The lowest BCUT2D eigenvalue weighted by Crippen LogP contribution is -2.50. The summed E-state index contributed by atoms with van der Waals surface area (Å²) in [4.78, 5) is 42.5. The Labute approximate surface area is 219 Å². The number of hydrogen-bond donors (Lipinski definition) is 1.